The predicted octanol–water partition coefficient (Wildman–Crippen LogP) is 3.25. The van der Waals surface area contributed by atoms with Crippen LogP contribution in [0.1, 0.15) is 22.8 Å². The molecule has 0 bridgehead atoms. The van der Waals surface area contributed by atoms with Gasteiger partial charge in [-0.3, -0.25) is 9.00 Å². The molecule has 110 valence electrons. The Hall–Kier alpha value is -1.94. The Morgan fingerprint density at radius 2 is 1.67 bits per heavy atom. The summed E-state index contributed by atoms with van der Waals surface area (Å²) >= 11 is 0. The van der Waals surface area contributed by atoms with Crippen LogP contribution < -0.4 is 4.74 Å². The maximum absolute atomic E-state index is 12.2. The van der Waals surface area contributed by atoms with E-state index in [0.29, 0.717) is 16.2 Å². The number of ether oxygens (including phenoxy) is 1. The second-order valence-electron chi connectivity index (χ2n) is 4.64. The first-order valence-corrected chi connectivity index (χ1v) is 8.10. The van der Waals surface area contributed by atoms with Crippen molar-refractivity contribution in [3.05, 3.63) is 59.7 Å². The Balaban J connectivity index is 2.05. The standard InChI is InChI=1S/C17H18O3S/c1-3-13-4-6-14(7-5-13)17(18)12-21(19)16-10-8-15(20-2)9-11-16/h4-11H,3,12H2,1-2H3. The summed E-state index contributed by atoms with van der Waals surface area (Å²) in [6.07, 6.45) is 0.937. The minimum absolute atomic E-state index is 0.00218. The van der Waals surface area contributed by atoms with E-state index in [9.17, 15) is 9.00 Å². The molecule has 0 amide bonds. The van der Waals surface area contributed by atoms with Gasteiger partial charge in [0.2, 0.25) is 0 Å². The molecule has 0 saturated carbocycles. The quantitative estimate of drug-likeness (QED) is 0.769. The van der Waals surface area contributed by atoms with Crippen molar-refractivity contribution in [3.63, 3.8) is 0 Å². The van der Waals surface area contributed by atoms with E-state index in [0.717, 1.165) is 6.42 Å². The highest BCUT2D eigenvalue weighted by atomic mass is 32.2. The van der Waals surface area contributed by atoms with Crippen molar-refractivity contribution in [2.75, 3.05) is 12.9 Å². The molecule has 0 aromatic heterocycles. The summed E-state index contributed by atoms with van der Waals surface area (Å²) in [6, 6.07) is 14.4. The van der Waals surface area contributed by atoms with Crippen molar-refractivity contribution < 1.29 is 13.7 Å². The number of Topliss-reactive ketones (excluding diaryl/α,β-unsaturated/α-hetero) is 1. The summed E-state index contributed by atoms with van der Waals surface area (Å²) in [5.74, 6) is 0.599. The Morgan fingerprint density at radius 1 is 1.05 bits per heavy atom. The zero-order valence-electron chi connectivity index (χ0n) is 12.2. The number of methoxy groups -OCH3 is 1. The molecule has 0 spiro atoms. The van der Waals surface area contributed by atoms with E-state index in [-0.39, 0.29) is 11.5 Å². The van der Waals surface area contributed by atoms with E-state index >= 15 is 0 Å². The molecule has 1 atom stereocenters. The van der Waals surface area contributed by atoms with Gasteiger partial charge in [0.25, 0.3) is 0 Å². The molecule has 0 saturated heterocycles. The monoisotopic (exact) mass is 302 g/mol. The fourth-order valence-corrected chi connectivity index (χ4v) is 2.95. The maximum Gasteiger partial charge on any atom is 0.175 e. The van der Waals surface area contributed by atoms with Gasteiger partial charge in [-0.25, -0.2) is 0 Å². The second kappa shape index (κ2) is 7.18. The molecule has 0 aliphatic carbocycles. The van der Waals surface area contributed by atoms with Gasteiger partial charge in [-0.05, 0) is 36.2 Å². The summed E-state index contributed by atoms with van der Waals surface area (Å²) in [6.45, 7) is 2.07. The van der Waals surface area contributed by atoms with Crippen LogP contribution in [0.5, 0.6) is 5.75 Å². The molecule has 1 unspecified atom stereocenters. The molecule has 3 nitrogen and oxygen atoms in total. The van der Waals surface area contributed by atoms with E-state index in [1.54, 1.807) is 43.5 Å². The van der Waals surface area contributed by atoms with E-state index in [1.807, 2.05) is 12.1 Å². The van der Waals surface area contributed by atoms with Crippen LogP contribution in [0.25, 0.3) is 0 Å². The SMILES string of the molecule is CCc1ccc(C(=O)CS(=O)c2ccc(OC)cc2)cc1. The van der Waals surface area contributed by atoms with Gasteiger partial charge < -0.3 is 4.74 Å². The molecule has 0 aliphatic rings. The van der Waals surface area contributed by atoms with Crippen molar-refractivity contribution in [2.24, 2.45) is 0 Å². The van der Waals surface area contributed by atoms with Crippen molar-refractivity contribution in [1.29, 1.82) is 0 Å². The highest BCUT2D eigenvalue weighted by Gasteiger charge is 2.12. The summed E-state index contributed by atoms with van der Waals surface area (Å²) in [7, 11) is 0.242. The lowest BCUT2D eigenvalue weighted by Gasteiger charge is -2.05. The average molecular weight is 302 g/mol. The van der Waals surface area contributed by atoms with Gasteiger partial charge in [0.05, 0.1) is 23.7 Å². The number of ketones is 1. The van der Waals surface area contributed by atoms with E-state index in [1.165, 1.54) is 5.56 Å². The molecular weight excluding hydrogens is 284 g/mol. The highest BCUT2D eigenvalue weighted by molar-refractivity contribution is 7.85. The van der Waals surface area contributed by atoms with Crippen molar-refractivity contribution in [1.82, 2.24) is 0 Å². The zero-order valence-corrected chi connectivity index (χ0v) is 13.0. The highest BCUT2D eigenvalue weighted by Crippen LogP contribution is 2.15. The summed E-state index contributed by atoms with van der Waals surface area (Å²) < 4.78 is 17.3. The second-order valence-corrected chi connectivity index (χ2v) is 6.09. The van der Waals surface area contributed by atoms with Crippen LogP contribution >= 0.6 is 0 Å². The van der Waals surface area contributed by atoms with Gasteiger partial charge in [0, 0.05) is 10.5 Å². The van der Waals surface area contributed by atoms with Gasteiger partial charge >= 0.3 is 0 Å². The molecule has 0 N–H and O–H groups in total. The summed E-state index contributed by atoms with van der Waals surface area (Å²) in [5.41, 5.74) is 1.79. The van der Waals surface area contributed by atoms with Crippen LogP contribution in [0.4, 0.5) is 0 Å². The normalized spacial score (nSPS) is 11.9. The van der Waals surface area contributed by atoms with E-state index < -0.39 is 10.8 Å². The van der Waals surface area contributed by atoms with Crippen LogP contribution in [0.2, 0.25) is 0 Å². The smallest absolute Gasteiger partial charge is 0.175 e. The molecule has 2 rings (SSSR count). The van der Waals surface area contributed by atoms with Gasteiger partial charge in [-0.2, -0.15) is 0 Å². The lowest BCUT2D eigenvalue weighted by Crippen LogP contribution is -2.11. The first kappa shape index (κ1) is 15.4. The minimum atomic E-state index is -1.34. The van der Waals surface area contributed by atoms with Gasteiger partial charge in [-0.15, -0.1) is 0 Å². The predicted molar refractivity (Wildman–Crippen MR) is 84.4 cm³/mol. The number of aryl methyl sites for hydroxylation is 1. The maximum atomic E-state index is 12.2. The Morgan fingerprint density at radius 3 is 2.19 bits per heavy atom. The first-order chi connectivity index (χ1) is 10.1. The third kappa shape index (κ3) is 4.02. The molecule has 0 heterocycles. The van der Waals surface area contributed by atoms with Crippen LogP contribution in [0, 0.1) is 0 Å². The average Bonchev–Trinajstić information content (AvgIpc) is 2.55. The fraction of sp³-hybridized carbons (Fsp3) is 0.235. The van der Waals surface area contributed by atoms with Crippen molar-refractivity contribution in [2.45, 2.75) is 18.2 Å². The van der Waals surface area contributed by atoms with Crippen LogP contribution in [0.15, 0.2) is 53.4 Å². The zero-order chi connectivity index (χ0) is 15.2. The number of hydrogen-bond acceptors (Lipinski definition) is 3. The third-order valence-corrected chi connectivity index (χ3v) is 4.59. The molecule has 21 heavy (non-hydrogen) atoms. The third-order valence-electron chi connectivity index (χ3n) is 3.27. The van der Waals surface area contributed by atoms with E-state index in [4.69, 9.17) is 4.74 Å². The summed E-state index contributed by atoms with van der Waals surface area (Å²) in [4.78, 5) is 12.8. The lowest BCUT2D eigenvalue weighted by atomic mass is 10.1. The van der Waals surface area contributed by atoms with Crippen LogP contribution in [0.3, 0.4) is 0 Å². The van der Waals surface area contributed by atoms with Crippen molar-refractivity contribution in [3.8, 4) is 5.75 Å². The van der Waals surface area contributed by atoms with Crippen molar-refractivity contribution >= 4 is 16.6 Å². The fourth-order valence-electron chi connectivity index (χ4n) is 1.94. The molecule has 0 aliphatic heterocycles. The van der Waals surface area contributed by atoms with Crippen LogP contribution in [-0.2, 0) is 17.2 Å². The molecule has 2 aromatic carbocycles. The van der Waals surface area contributed by atoms with E-state index in [2.05, 4.69) is 6.92 Å². The molecule has 0 fully saturated rings. The van der Waals surface area contributed by atoms with Crippen LogP contribution in [-0.4, -0.2) is 22.9 Å². The van der Waals surface area contributed by atoms with Gasteiger partial charge in [0.1, 0.15) is 5.75 Å². The molecular formula is C17H18O3S. The lowest BCUT2D eigenvalue weighted by molar-refractivity contribution is 0.102. The number of hydrogen-bond donors (Lipinski definition) is 0. The summed E-state index contributed by atoms with van der Waals surface area (Å²) in [5, 5.41) is 0. The molecule has 4 heteroatoms. The van der Waals surface area contributed by atoms with Gasteiger partial charge in [-0.1, -0.05) is 31.2 Å². The minimum Gasteiger partial charge on any atom is -0.497 e. The van der Waals surface area contributed by atoms with Gasteiger partial charge in [0.15, 0.2) is 5.78 Å². The Bertz CT molecular complexity index is 573. The topological polar surface area (TPSA) is 43.4 Å². The number of carbonyl (C=O) groups is 1. The Kier molecular flexibility index (Phi) is 5.28. The number of carbonyl (C=O) groups excluding carboxylic acids is 1. The number of benzene rings is 2. The first-order valence-electron chi connectivity index (χ1n) is 6.78. The molecule has 2 aromatic rings. The molecule has 0 radical (unpaired) electrons. The number of rotatable bonds is 6. The largest absolute Gasteiger partial charge is 0.497 e. The Labute approximate surface area is 127 Å².